The molecule has 226 valence electrons. The molecule has 0 radical (unpaired) electrons. The zero-order valence-electron chi connectivity index (χ0n) is 24.6. The number of carbonyl (C=O) groups excluding carboxylic acids is 2. The minimum atomic E-state index is -0.616. The molecule has 1 aliphatic rings. The van der Waals surface area contributed by atoms with Crippen molar-refractivity contribution >= 4 is 12.1 Å². The number of hydrogen-bond acceptors (Lipinski definition) is 7. The topological polar surface area (TPSA) is 92.3 Å². The van der Waals surface area contributed by atoms with Crippen molar-refractivity contribution in [2.75, 3.05) is 46.7 Å². The molecule has 0 aromatic heterocycles. The summed E-state index contributed by atoms with van der Waals surface area (Å²) >= 11 is 0. The number of rotatable bonds is 14. The van der Waals surface area contributed by atoms with Crippen LogP contribution in [0.5, 0.6) is 11.5 Å². The quantitative estimate of drug-likeness (QED) is 0.0973. The molecule has 4 aromatic carbocycles. The maximum Gasteiger partial charge on any atom is 0.407 e. The van der Waals surface area contributed by atoms with E-state index in [1.807, 2.05) is 24.3 Å². The van der Waals surface area contributed by atoms with Crippen LogP contribution in [0.4, 0.5) is 4.79 Å². The van der Waals surface area contributed by atoms with Gasteiger partial charge in [0.15, 0.2) is 0 Å². The average Bonchev–Trinajstić information content (AvgIpc) is 3.37. The van der Waals surface area contributed by atoms with Crippen LogP contribution < -0.4 is 14.8 Å². The second-order valence-electron chi connectivity index (χ2n) is 10.0. The van der Waals surface area contributed by atoms with Gasteiger partial charge in [-0.3, -0.25) is 0 Å². The zero-order chi connectivity index (χ0) is 30.8. The van der Waals surface area contributed by atoms with Gasteiger partial charge in [0, 0.05) is 13.2 Å². The van der Waals surface area contributed by atoms with Crippen LogP contribution >= 0.6 is 0 Å². The number of nitrogens with one attached hydrogen (secondary N) is 1. The van der Waals surface area contributed by atoms with Crippen molar-refractivity contribution in [2.24, 2.45) is 0 Å². The number of carbonyl (C=O) groups is 2. The molecule has 0 atom stereocenters. The average molecular weight is 594 g/mol. The molecule has 1 aliphatic carbocycles. The van der Waals surface area contributed by atoms with Crippen molar-refractivity contribution < 1.29 is 33.3 Å². The molecule has 0 fully saturated rings. The first kappa shape index (κ1) is 30.4. The fourth-order valence-electron chi connectivity index (χ4n) is 5.58. The number of fused-ring (bicyclic) bond motifs is 3. The molecule has 1 amide bonds. The Morgan fingerprint density at radius 3 is 1.73 bits per heavy atom. The van der Waals surface area contributed by atoms with Crippen molar-refractivity contribution in [3.63, 3.8) is 0 Å². The lowest BCUT2D eigenvalue weighted by Crippen LogP contribution is -2.29. The summed E-state index contributed by atoms with van der Waals surface area (Å²) in [7, 11) is 1.66. The van der Waals surface area contributed by atoms with Gasteiger partial charge >= 0.3 is 12.1 Å². The number of alkyl carbamates (subject to hydrolysis) is 1. The van der Waals surface area contributed by atoms with E-state index in [-0.39, 0.29) is 26.4 Å². The summed E-state index contributed by atoms with van der Waals surface area (Å²) in [5.74, 6) is 0.898. The van der Waals surface area contributed by atoms with Gasteiger partial charge in [0.2, 0.25) is 0 Å². The minimum absolute atomic E-state index is 0.0333. The molecule has 0 heterocycles. The maximum atomic E-state index is 11.9. The van der Waals surface area contributed by atoms with E-state index in [1.165, 1.54) is 22.3 Å². The Balaban J connectivity index is 1.33. The zero-order valence-corrected chi connectivity index (χ0v) is 24.6. The smallest absolute Gasteiger partial charge is 0.407 e. The molecule has 5 rings (SSSR count). The molecule has 4 aromatic rings. The van der Waals surface area contributed by atoms with E-state index in [2.05, 4.69) is 84.7 Å². The second kappa shape index (κ2) is 14.4. The van der Waals surface area contributed by atoms with Gasteiger partial charge in [-0.2, -0.15) is 0 Å². The number of amides is 1. The van der Waals surface area contributed by atoms with Crippen LogP contribution in [0.3, 0.4) is 0 Å². The molecule has 0 bridgehead atoms. The van der Waals surface area contributed by atoms with Crippen LogP contribution in [0.15, 0.2) is 110 Å². The van der Waals surface area contributed by atoms with Gasteiger partial charge in [0.1, 0.15) is 37.9 Å². The molecular weight excluding hydrogens is 558 g/mol. The first-order valence-corrected chi connectivity index (χ1v) is 14.4. The van der Waals surface area contributed by atoms with Crippen LogP contribution in [0.25, 0.3) is 11.1 Å². The summed E-state index contributed by atoms with van der Waals surface area (Å²) in [6, 6.07) is 33.5. The fourth-order valence-corrected chi connectivity index (χ4v) is 5.58. The number of ether oxygens (including phenoxy) is 5. The SMILES string of the molecule is C=CC(=O)OCCNC(=O)OCCOc1ccc(C2(c3ccc(OCCOC)cc3)c3ccccc3-c3ccccc32)cc1. The Morgan fingerprint density at radius 1 is 0.682 bits per heavy atom. The lowest BCUT2D eigenvalue weighted by molar-refractivity contribution is -0.137. The lowest BCUT2D eigenvalue weighted by atomic mass is 9.68. The molecule has 0 spiro atoms. The van der Waals surface area contributed by atoms with Gasteiger partial charge in [-0.1, -0.05) is 79.4 Å². The minimum Gasteiger partial charge on any atom is -0.491 e. The molecule has 0 aliphatic heterocycles. The Bertz CT molecular complexity index is 1540. The molecule has 8 nitrogen and oxygen atoms in total. The summed E-state index contributed by atoms with van der Waals surface area (Å²) in [6.45, 7) is 4.73. The van der Waals surface area contributed by atoms with Crippen LogP contribution in [-0.2, 0) is 24.4 Å². The summed E-state index contributed by atoms with van der Waals surface area (Å²) < 4.78 is 26.8. The van der Waals surface area contributed by atoms with Gasteiger partial charge < -0.3 is 29.0 Å². The largest absolute Gasteiger partial charge is 0.491 e. The van der Waals surface area contributed by atoms with E-state index in [1.54, 1.807) is 7.11 Å². The molecule has 0 saturated heterocycles. The fraction of sp³-hybridized carbons (Fsp3) is 0.222. The van der Waals surface area contributed by atoms with E-state index in [0.717, 1.165) is 23.0 Å². The van der Waals surface area contributed by atoms with Crippen molar-refractivity contribution in [1.82, 2.24) is 5.32 Å². The Labute approximate surface area is 257 Å². The molecule has 8 heteroatoms. The first-order valence-electron chi connectivity index (χ1n) is 14.4. The number of esters is 1. The lowest BCUT2D eigenvalue weighted by Gasteiger charge is -2.34. The third-order valence-corrected chi connectivity index (χ3v) is 7.45. The Hall–Kier alpha value is -5.08. The predicted molar refractivity (Wildman–Crippen MR) is 167 cm³/mol. The summed E-state index contributed by atoms with van der Waals surface area (Å²) in [6.07, 6.45) is 0.445. The molecule has 1 N–H and O–H groups in total. The van der Waals surface area contributed by atoms with Crippen LogP contribution in [0.1, 0.15) is 22.3 Å². The summed E-state index contributed by atoms with van der Waals surface area (Å²) in [5, 5.41) is 2.51. The van der Waals surface area contributed by atoms with Crippen molar-refractivity contribution in [2.45, 2.75) is 5.41 Å². The normalized spacial score (nSPS) is 12.4. The summed E-state index contributed by atoms with van der Waals surface area (Å²) in [4.78, 5) is 22.9. The van der Waals surface area contributed by atoms with Crippen LogP contribution in [0.2, 0.25) is 0 Å². The Kier molecular flexibility index (Phi) is 9.94. The van der Waals surface area contributed by atoms with Crippen LogP contribution in [-0.4, -0.2) is 58.8 Å². The van der Waals surface area contributed by atoms with Crippen molar-refractivity contribution in [3.8, 4) is 22.6 Å². The van der Waals surface area contributed by atoms with Crippen LogP contribution in [0, 0.1) is 0 Å². The van der Waals surface area contributed by atoms with Gasteiger partial charge in [0.05, 0.1) is 18.6 Å². The third-order valence-electron chi connectivity index (χ3n) is 7.45. The van der Waals surface area contributed by atoms with Gasteiger partial charge in [-0.25, -0.2) is 9.59 Å². The molecule has 44 heavy (non-hydrogen) atoms. The van der Waals surface area contributed by atoms with E-state index < -0.39 is 17.5 Å². The highest BCUT2D eigenvalue weighted by atomic mass is 16.6. The molecule has 0 unspecified atom stereocenters. The van der Waals surface area contributed by atoms with Crippen molar-refractivity contribution in [3.05, 3.63) is 132 Å². The predicted octanol–water partition coefficient (Wildman–Crippen LogP) is 5.91. The molecule has 0 saturated carbocycles. The first-order chi connectivity index (χ1) is 21.6. The van der Waals surface area contributed by atoms with E-state index >= 15 is 0 Å². The monoisotopic (exact) mass is 593 g/mol. The second-order valence-corrected chi connectivity index (χ2v) is 10.0. The van der Waals surface area contributed by atoms with Gasteiger partial charge in [0.25, 0.3) is 0 Å². The van der Waals surface area contributed by atoms with Gasteiger partial charge in [-0.05, 0) is 57.6 Å². The highest BCUT2D eigenvalue weighted by Gasteiger charge is 2.45. The molecular formula is C36H35NO7. The standard InChI is InChI=1S/C36H35NO7/c1-3-34(38)43-21-20-37-35(39)44-25-24-42-29-18-14-27(15-19-29)36(26-12-16-28(17-13-26)41-23-22-40-2)32-10-6-4-8-30(32)31-9-5-7-11-33(31)36/h3-19H,1,20-25H2,2H3,(H,37,39). The maximum absolute atomic E-state index is 11.9. The number of benzene rings is 4. The van der Waals surface area contributed by atoms with E-state index in [9.17, 15) is 9.59 Å². The van der Waals surface area contributed by atoms with Crippen molar-refractivity contribution in [1.29, 1.82) is 0 Å². The number of methoxy groups -OCH3 is 1. The summed E-state index contributed by atoms with van der Waals surface area (Å²) in [5.41, 5.74) is 6.52. The highest BCUT2D eigenvalue weighted by Crippen LogP contribution is 2.56. The van der Waals surface area contributed by atoms with E-state index in [4.69, 9.17) is 23.7 Å². The van der Waals surface area contributed by atoms with Gasteiger partial charge in [-0.15, -0.1) is 0 Å². The Morgan fingerprint density at radius 2 is 1.20 bits per heavy atom. The third kappa shape index (κ3) is 6.45. The van der Waals surface area contributed by atoms with E-state index in [0.29, 0.717) is 19.0 Å². The highest BCUT2D eigenvalue weighted by molar-refractivity contribution is 5.86. The number of hydrogen-bond donors (Lipinski definition) is 1.